The lowest BCUT2D eigenvalue weighted by Crippen LogP contribution is -2.28. The molecule has 0 aromatic heterocycles. The van der Waals surface area contributed by atoms with Crippen LogP contribution in [0.5, 0.6) is 11.5 Å². The summed E-state index contributed by atoms with van der Waals surface area (Å²) in [5, 5.41) is 28.3. The van der Waals surface area contributed by atoms with E-state index in [0.29, 0.717) is 5.75 Å². The Kier molecular flexibility index (Phi) is 6.26. The van der Waals surface area contributed by atoms with Gasteiger partial charge in [0.05, 0.1) is 4.92 Å². The molecule has 0 fully saturated rings. The number of nitro groups is 1. The zero-order valence-electron chi connectivity index (χ0n) is 15.3. The molecule has 148 valence electrons. The van der Waals surface area contributed by atoms with Gasteiger partial charge >= 0.3 is 0 Å². The molecule has 1 amide bonds. The molecular weight excluding hydrogens is 374 g/mol. The third-order valence-corrected chi connectivity index (χ3v) is 4.02. The fourth-order valence-electron chi connectivity index (χ4n) is 2.53. The normalized spacial score (nSPS) is 10.2. The first-order valence-corrected chi connectivity index (χ1v) is 8.77. The summed E-state index contributed by atoms with van der Waals surface area (Å²) in [6.45, 7) is -0.350. The summed E-state index contributed by atoms with van der Waals surface area (Å²) in [5.41, 5.74) is 1.78. The molecule has 0 radical (unpaired) electrons. The van der Waals surface area contributed by atoms with Crippen molar-refractivity contribution >= 4 is 23.0 Å². The molecular formula is C21H18N3O5-. The van der Waals surface area contributed by atoms with Crippen LogP contribution < -0.4 is 20.5 Å². The van der Waals surface area contributed by atoms with Gasteiger partial charge in [-0.3, -0.25) is 14.9 Å². The third kappa shape index (κ3) is 5.70. The Morgan fingerprint density at radius 2 is 1.66 bits per heavy atom. The summed E-state index contributed by atoms with van der Waals surface area (Å²) < 4.78 is 5.43. The highest BCUT2D eigenvalue weighted by Gasteiger charge is 2.08. The zero-order chi connectivity index (χ0) is 20.6. The molecule has 0 unspecified atom stereocenters. The number of non-ortho nitro benzene ring substituents is 1. The van der Waals surface area contributed by atoms with E-state index >= 15 is 0 Å². The minimum Gasteiger partial charge on any atom is -0.872 e. The van der Waals surface area contributed by atoms with E-state index in [-0.39, 0.29) is 30.2 Å². The van der Waals surface area contributed by atoms with E-state index in [9.17, 15) is 20.0 Å². The molecule has 0 bridgehead atoms. The number of nitro benzene ring substituents is 1. The van der Waals surface area contributed by atoms with Crippen molar-refractivity contribution in [3.8, 4) is 11.5 Å². The van der Waals surface area contributed by atoms with Gasteiger partial charge in [0, 0.05) is 30.1 Å². The summed E-state index contributed by atoms with van der Waals surface area (Å²) in [6.07, 6.45) is 0. The van der Waals surface area contributed by atoms with Gasteiger partial charge in [-0.05, 0) is 42.0 Å². The fourth-order valence-corrected chi connectivity index (χ4v) is 2.53. The number of carbonyl (C=O) groups excluding carboxylic acids is 1. The monoisotopic (exact) mass is 392 g/mol. The van der Waals surface area contributed by atoms with Crippen LogP contribution in [0.1, 0.15) is 5.56 Å². The van der Waals surface area contributed by atoms with Crippen LogP contribution in [-0.4, -0.2) is 17.4 Å². The van der Waals surface area contributed by atoms with Gasteiger partial charge in [0.2, 0.25) is 0 Å². The highest BCUT2D eigenvalue weighted by Crippen LogP contribution is 2.21. The number of benzene rings is 3. The van der Waals surface area contributed by atoms with Crippen LogP contribution >= 0.6 is 0 Å². The molecule has 0 aliphatic carbocycles. The van der Waals surface area contributed by atoms with Crippen LogP contribution in [0, 0.1) is 10.1 Å². The van der Waals surface area contributed by atoms with Crippen LogP contribution in [0.3, 0.4) is 0 Å². The second-order valence-corrected chi connectivity index (χ2v) is 6.13. The maximum atomic E-state index is 11.9. The number of para-hydroxylation sites is 1. The van der Waals surface area contributed by atoms with Gasteiger partial charge in [0.15, 0.2) is 6.61 Å². The van der Waals surface area contributed by atoms with E-state index in [2.05, 4.69) is 10.6 Å². The van der Waals surface area contributed by atoms with Crippen molar-refractivity contribution in [2.24, 2.45) is 0 Å². The summed E-state index contributed by atoms with van der Waals surface area (Å²) in [5.74, 6) is -0.306. The van der Waals surface area contributed by atoms with Crippen molar-refractivity contribution in [3.63, 3.8) is 0 Å². The van der Waals surface area contributed by atoms with Crippen LogP contribution in [0.2, 0.25) is 0 Å². The quantitative estimate of drug-likeness (QED) is 0.449. The number of anilines is 2. The Hall–Kier alpha value is -4.07. The molecule has 0 saturated heterocycles. The molecule has 3 aromatic rings. The van der Waals surface area contributed by atoms with Gasteiger partial charge in [-0.2, -0.15) is 0 Å². The molecule has 3 rings (SSSR count). The van der Waals surface area contributed by atoms with E-state index in [4.69, 9.17) is 4.74 Å². The van der Waals surface area contributed by atoms with Crippen LogP contribution in [0.25, 0.3) is 0 Å². The molecule has 8 heteroatoms. The van der Waals surface area contributed by atoms with E-state index in [0.717, 1.165) is 29.6 Å². The molecule has 0 atom stereocenters. The highest BCUT2D eigenvalue weighted by molar-refractivity contribution is 5.77. The first-order chi connectivity index (χ1) is 14.0. The molecule has 2 N–H and O–H groups in total. The van der Waals surface area contributed by atoms with Crippen LogP contribution in [-0.2, 0) is 11.3 Å². The molecule has 0 heterocycles. The number of nitrogens with one attached hydrogen (secondary N) is 2. The average molecular weight is 392 g/mol. The maximum Gasteiger partial charge on any atom is 0.269 e. The van der Waals surface area contributed by atoms with Crippen LogP contribution in [0.15, 0.2) is 72.8 Å². The number of rotatable bonds is 8. The first-order valence-electron chi connectivity index (χ1n) is 8.77. The third-order valence-electron chi connectivity index (χ3n) is 4.02. The summed E-state index contributed by atoms with van der Waals surface area (Å²) >= 11 is 0. The van der Waals surface area contributed by atoms with Crippen molar-refractivity contribution in [1.29, 1.82) is 0 Å². The summed E-state index contributed by atoms with van der Waals surface area (Å²) in [7, 11) is 0. The summed E-state index contributed by atoms with van der Waals surface area (Å²) in [6, 6.07) is 20.2. The number of nitrogens with zero attached hydrogens (tertiary/aromatic N) is 1. The lowest BCUT2D eigenvalue weighted by atomic mass is 10.2. The van der Waals surface area contributed by atoms with Gasteiger partial charge in [0.1, 0.15) is 5.75 Å². The fraction of sp³-hybridized carbons (Fsp3) is 0.0952. The lowest BCUT2D eigenvalue weighted by Gasteiger charge is -2.14. The van der Waals surface area contributed by atoms with Crippen molar-refractivity contribution in [2.45, 2.75) is 6.54 Å². The lowest BCUT2D eigenvalue weighted by molar-refractivity contribution is -0.385. The van der Waals surface area contributed by atoms with Crippen molar-refractivity contribution in [1.82, 2.24) is 5.32 Å². The number of hydrogen-bond donors (Lipinski definition) is 2. The van der Waals surface area contributed by atoms with E-state index in [1.54, 1.807) is 12.1 Å². The molecule has 0 aliphatic heterocycles. The minimum absolute atomic E-state index is 0.108. The van der Waals surface area contributed by atoms with Gasteiger partial charge < -0.3 is 20.5 Å². The topological polar surface area (TPSA) is 117 Å². The van der Waals surface area contributed by atoms with Gasteiger partial charge in [0.25, 0.3) is 11.6 Å². The number of ether oxygens (including phenoxy) is 1. The SMILES string of the molecule is O=C(COc1ccc(Nc2ccccc2)cc1)NCc1cc([N+](=O)[O-])ccc1[O-]. The van der Waals surface area contributed by atoms with E-state index < -0.39 is 10.8 Å². The highest BCUT2D eigenvalue weighted by atomic mass is 16.6. The predicted octanol–water partition coefficient (Wildman–Crippen LogP) is 3.11. The Labute approximate surface area is 166 Å². The smallest absolute Gasteiger partial charge is 0.269 e. The van der Waals surface area contributed by atoms with Crippen molar-refractivity contribution in [2.75, 3.05) is 11.9 Å². The van der Waals surface area contributed by atoms with Gasteiger partial charge in [-0.25, -0.2) is 0 Å². The Morgan fingerprint density at radius 3 is 2.34 bits per heavy atom. The molecule has 0 spiro atoms. The van der Waals surface area contributed by atoms with E-state index in [1.165, 1.54) is 0 Å². The van der Waals surface area contributed by atoms with Crippen LogP contribution in [0.4, 0.5) is 17.1 Å². The molecule has 0 saturated carbocycles. The second kappa shape index (κ2) is 9.23. The number of amides is 1. The largest absolute Gasteiger partial charge is 0.872 e. The Bertz CT molecular complexity index is 991. The average Bonchev–Trinajstić information content (AvgIpc) is 2.73. The molecule has 8 nitrogen and oxygen atoms in total. The first kappa shape index (κ1) is 19.7. The Morgan fingerprint density at radius 1 is 0.966 bits per heavy atom. The number of carbonyl (C=O) groups is 1. The zero-order valence-corrected chi connectivity index (χ0v) is 15.3. The maximum absolute atomic E-state index is 11.9. The molecule has 3 aromatic carbocycles. The second-order valence-electron chi connectivity index (χ2n) is 6.13. The van der Waals surface area contributed by atoms with E-state index in [1.807, 2.05) is 42.5 Å². The van der Waals surface area contributed by atoms with Crippen molar-refractivity contribution in [3.05, 3.63) is 88.5 Å². The minimum atomic E-state index is -0.593. The Balaban J connectivity index is 1.48. The predicted molar refractivity (Wildman–Crippen MR) is 106 cm³/mol. The number of hydrogen-bond acceptors (Lipinski definition) is 6. The molecule has 29 heavy (non-hydrogen) atoms. The standard InChI is InChI=1S/C21H19N3O5/c25-20-11-8-18(24(27)28)12-15(20)13-22-21(26)14-29-19-9-6-17(7-10-19)23-16-4-2-1-3-5-16/h1-12,23,25H,13-14H2,(H,22,26)/p-1. The summed E-state index contributed by atoms with van der Waals surface area (Å²) in [4.78, 5) is 22.1. The van der Waals surface area contributed by atoms with Crippen molar-refractivity contribution < 1.29 is 19.6 Å². The molecule has 0 aliphatic rings. The van der Waals surface area contributed by atoms with Gasteiger partial charge in [-0.15, -0.1) is 5.75 Å². The van der Waals surface area contributed by atoms with Gasteiger partial charge in [-0.1, -0.05) is 24.3 Å².